The zero-order chi connectivity index (χ0) is 24.3. The van der Waals surface area contributed by atoms with Crippen LogP contribution in [0.5, 0.6) is 0 Å². The predicted molar refractivity (Wildman–Crippen MR) is 136 cm³/mol. The van der Waals surface area contributed by atoms with E-state index >= 15 is 0 Å². The van der Waals surface area contributed by atoms with Crippen LogP contribution in [0.25, 0.3) is 0 Å². The lowest BCUT2D eigenvalue weighted by Gasteiger charge is -2.14. The third-order valence-electron chi connectivity index (χ3n) is 4.97. The molecule has 0 unspecified atom stereocenters. The molecule has 2 N–H and O–H groups in total. The van der Waals surface area contributed by atoms with Gasteiger partial charge in [0.25, 0.3) is 5.91 Å². The average molecular weight is 571 g/mol. The molecule has 1 atom stereocenters. The zero-order valence-electron chi connectivity index (χ0n) is 18.4. The summed E-state index contributed by atoms with van der Waals surface area (Å²) in [5.74, 6) is 0.201. The largest absolute Gasteiger partial charge is 0.342 e. The van der Waals surface area contributed by atoms with E-state index in [2.05, 4.69) is 36.8 Å². The van der Waals surface area contributed by atoms with E-state index in [0.29, 0.717) is 21.6 Å². The molecule has 0 saturated carbocycles. The minimum Gasteiger partial charge on any atom is -0.342 e. The Labute approximate surface area is 214 Å². The molecule has 3 rings (SSSR count). The van der Waals surface area contributed by atoms with Gasteiger partial charge in [0.1, 0.15) is 0 Å². The fourth-order valence-corrected chi connectivity index (χ4v) is 4.80. The van der Waals surface area contributed by atoms with E-state index in [-0.39, 0.29) is 22.6 Å². The second-order valence-electron chi connectivity index (χ2n) is 7.47. The van der Waals surface area contributed by atoms with Crippen molar-refractivity contribution in [3.63, 3.8) is 0 Å². The SMILES string of the molecule is Cc1cc(Br)c(NC(=O)CSc2nnc([C@H](C)NC(=O)c3ccc(Cl)cc3Cl)n2C)cc1C. The highest BCUT2D eigenvalue weighted by Crippen LogP contribution is 2.27. The van der Waals surface area contributed by atoms with Gasteiger partial charge in [-0.1, -0.05) is 35.0 Å². The highest BCUT2D eigenvalue weighted by atomic mass is 79.9. The maximum atomic E-state index is 12.6. The molecule has 0 aliphatic carbocycles. The first-order valence-corrected chi connectivity index (χ1v) is 12.4. The fourth-order valence-electron chi connectivity index (χ4n) is 3.03. The van der Waals surface area contributed by atoms with Crippen LogP contribution in [0, 0.1) is 13.8 Å². The van der Waals surface area contributed by atoms with Gasteiger partial charge in [-0.25, -0.2) is 0 Å². The maximum absolute atomic E-state index is 12.6. The van der Waals surface area contributed by atoms with Crippen LogP contribution < -0.4 is 10.6 Å². The Morgan fingerprint density at radius 1 is 1.15 bits per heavy atom. The Balaban J connectivity index is 1.61. The van der Waals surface area contributed by atoms with Gasteiger partial charge in [-0.05, 0) is 78.2 Å². The van der Waals surface area contributed by atoms with Crippen LogP contribution in [0.3, 0.4) is 0 Å². The number of thioether (sulfide) groups is 1. The zero-order valence-corrected chi connectivity index (χ0v) is 22.3. The van der Waals surface area contributed by atoms with Gasteiger partial charge in [-0.2, -0.15) is 0 Å². The second kappa shape index (κ2) is 10.9. The monoisotopic (exact) mass is 569 g/mol. The van der Waals surface area contributed by atoms with Crippen LogP contribution in [-0.2, 0) is 11.8 Å². The van der Waals surface area contributed by atoms with E-state index in [0.717, 1.165) is 21.3 Å². The Bertz CT molecular complexity index is 1220. The van der Waals surface area contributed by atoms with Crippen LogP contribution in [0.2, 0.25) is 10.0 Å². The highest BCUT2D eigenvalue weighted by molar-refractivity contribution is 9.10. The summed E-state index contributed by atoms with van der Waals surface area (Å²) in [4.78, 5) is 25.0. The minimum atomic E-state index is -0.434. The summed E-state index contributed by atoms with van der Waals surface area (Å²) in [5, 5.41) is 15.4. The lowest BCUT2D eigenvalue weighted by Crippen LogP contribution is -2.28. The average Bonchev–Trinajstić information content (AvgIpc) is 3.10. The van der Waals surface area contributed by atoms with Crippen molar-refractivity contribution < 1.29 is 9.59 Å². The number of aromatic nitrogens is 3. The van der Waals surface area contributed by atoms with Crippen molar-refractivity contribution in [3.05, 3.63) is 67.4 Å². The molecule has 2 aromatic carbocycles. The summed E-state index contributed by atoms with van der Waals surface area (Å²) in [6.45, 7) is 5.80. The first-order chi connectivity index (χ1) is 15.6. The Kier molecular flexibility index (Phi) is 8.44. The molecule has 1 aromatic heterocycles. The quantitative estimate of drug-likeness (QED) is 0.354. The van der Waals surface area contributed by atoms with Gasteiger partial charge < -0.3 is 15.2 Å². The molecule has 0 aliphatic rings. The molecule has 33 heavy (non-hydrogen) atoms. The lowest BCUT2D eigenvalue weighted by atomic mass is 10.1. The number of rotatable bonds is 7. The molecule has 2 amide bonds. The van der Waals surface area contributed by atoms with Crippen molar-refractivity contribution in [1.29, 1.82) is 0 Å². The summed E-state index contributed by atoms with van der Waals surface area (Å²) >= 11 is 16.8. The molecule has 3 aromatic rings. The van der Waals surface area contributed by atoms with E-state index in [1.807, 2.05) is 26.0 Å². The van der Waals surface area contributed by atoms with E-state index < -0.39 is 6.04 Å². The molecule has 11 heteroatoms. The first kappa shape index (κ1) is 25.6. The number of carbonyl (C=O) groups is 2. The fraction of sp³-hybridized carbons (Fsp3) is 0.273. The van der Waals surface area contributed by atoms with Crippen LogP contribution in [0.1, 0.15) is 40.3 Å². The van der Waals surface area contributed by atoms with Crippen molar-refractivity contribution in [3.8, 4) is 0 Å². The third kappa shape index (κ3) is 6.29. The van der Waals surface area contributed by atoms with Gasteiger partial charge in [0.15, 0.2) is 11.0 Å². The maximum Gasteiger partial charge on any atom is 0.253 e. The van der Waals surface area contributed by atoms with E-state index in [1.165, 1.54) is 17.8 Å². The van der Waals surface area contributed by atoms with E-state index in [9.17, 15) is 9.59 Å². The van der Waals surface area contributed by atoms with Gasteiger partial charge in [-0.3, -0.25) is 9.59 Å². The van der Waals surface area contributed by atoms with Crippen LogP contribution in [-0.4, -0.2) is 32.3 Å². The number of nitrogens with one attached hydrogen (secondary N) is 2. The molecule has 0 fully saturated rings. The summed E-state index contributed by atoms with van der Waals surface area (Å²) in [6, 6.07) is 8.15. The van der Waals surface area contributed by atoms with Crippen molar-refractivity contribution in [1.82, 2.24) is 20.1 Å². The number of nitrogens with zero attached hydrogens (tertiary/aromatic N) is 3. The van der Waals surface area contributed by atoms with Crippen LogP contribution in [0.4, 0.5) is 5.69 Å². The molecule has 0 aliphatic heterocycles. The van der Waals surface area contributed by atoms with E-state index in [1.54, 1.807) is 30.7 Å². The summed E-state index contributed by atoms with van der Waals surface area (Å²) in [5.41, 5.74) is 3.27. The smallest absolute Gasteiger partial charge is 0.253 e. The standard InChI is InChI=1S/C22H22BrCl2N5O2S/c1-11-7-16(23)18(8-12(11)2)27-19(31)10-33-22-29-28-20(30(22)4)13(3)26-21(32)15-6-5-14(24)9-17(15)25/h5-9,13H,10H2,1-4H3,(H,26,32)(H,27,31)/t13-/m0/s1. The Morgan fingerprint density at radius 2 is 1.85 bits per heavy atom. The number of hydrogen-bond acceptors (Lipinski definition) is 5. The number of halogens is 3. The van der Waals surface area contributed by atoms with Gasteiger partial charge in [0.2, 0.25) is 5.91 Å². The molecule has 0 bridgehead atoms. The number of anilines is 1. The normalized spacial score (nSPS) is 11.8. The Morgan fingerprint density at radius 3 is 2.55 bits per heavy atom. The van der Waals surface area contributed by atoms with Crippen LogP contribution >= 0.6 is 50.9 Å². The Hall–Kier alpha value is -2.07. The molecular weight excluding hydrogens is 549 g/mol. The molecule has 0 radical (unpaired) electrons. The number of hydrogen-bond donors (Lipinski definition) is 2. The van der Waals surface area contributed by atoms with Gasteiger partial charge >= 0.3 is 0 Å². The van der Waals surface area contributed by atoms with Crippen molar-refractivity contribution in [2.75, 3.05) is 11.1 Å². The highest BCUT2D eigenvalue weighted by Gasteiger charge is 2.20. The van der Waals surface area contributed by atoms with Crippen molar-refractivity contribution >= 4 is 68.4 Å². The minimum absolute atomic E-state index is 0.159. The molecule has 7 nitrogen and oxygen atoms in total. The molecule has 1 heterocycles. The molecular formula is C22H22BrCl2N5O2S. The molecule has 0 spiro atoms. The first-order valence-electron chi connectivity index (χ1n) is 9.91. The molecule has 0 saturated heterocycles. The predicted octanol–water partition coefficient (Wildman–Crippen LogP) is 5.72. The number of carbonyl (C=O) groups excluding carboxylic acids is 2. The number of amides is 2. The van der Waals surface area contributed by atoms with Gasteiger partial charge in [0, 0.05) is 16.5 Å². The van der Waals surface area contributed by atoms with Gasteiger partial charge in [-0.15, -0.1) is 10.2 Å². The molecule has 174 valence electrons. The third-order valence-corrected chi connectivity index (χ3v) is 7.19. The number of aryl methyl sites for hydroxylation is 2. The van der Waals surface area contributed by atoms with Gasteiger partial charge in [0.05, 0.1) is 28.1 Å². The van der Waals surface area contributed by atoms with Crippen LogP contribution in [0.15, 0.2) is 40.0 Å². The summed E-state index contributed by atoms with van der Waals surface area (Å²) in [7, 11) is 1.79. The second-order valence-corrected chi connectivity index (χ2v) is 10.1. The summed E-state index contributed by atoms with van der Waals surface area (Å²) < 4.78 is 2.58. The van der Waals surface area contributed by atoms with Crippen molar-refractivity contribution in [2.45, 2.75) is 32.0 Å². The van der Waals surface area contributed by atoms with E-state index in [4.69, 9.17) is 23.2 Å². The van der Waals surface area contributed by atoms with Crippen molar-refractivity contribution in [2.24, 2.45) is 7.05 Å². The topological polar surface area (TPSA) is 88.9 Å². The number of benzene rings is 2. The lowest BCUT2D eigenvalue weighted by molar-refractivity contribution is -0.113. The summed E-state index contributed by atoms with van der Waals surface area (Å²) in [6.07, 6.45) is 0.